The van der Waals surface area contributed by atoms with Gasteiger partial charge >= 0.3 is 0 Å². The zero-order valence-electron chi connectivity index (χ0n) is 14.8. The first kappa shape index (κ1) is 17.0. The normalized spacial score (nSPS) is 14.1. The molecule has 0 saturated carbocycles. The number of hydrogen-bond acceptors (Lipinski definition) is 6. The van der Waals surface area contributed by atoms with Crippen LogP contribution in [0.25, 0.3) is 0 Å². The molecule has 1 N–H and O–H groups in total. The quantitative estimate of drug-likeness (QED) is 0.770. The van der Waals surface area contributed by atoms with Gasteiger partial charge < -0.3 is 15.1 Å². The number of anilines is 3. The molecule has 4 rings (SSSR count). The van der Waals surface area contributed by atoms with Gasteiger partial charge in [0, 0.05) is 44.1 Å². The van der Waals surface area contributed by atoms with Gasteiger partial charge in [0.25, 0.3) is 5.91 Å². The maximum Gasteiger partial charge on any atom is 0.256 e. The predicted octanol–water partition coefficient (Wildman–Crippen LogP) is 2.45. The third-order valence-corrected chi connectivity index (χ3v) is 4.51. The predicted molar refractivity (Wildman–Crippen MR) is 105 cm³/mol. The van der Waals surface area contributed by atoms with Gasteiger partial charge in [0.1, 0.15) is 5.82 Å². The Balaban J connectivity index is 1.35. The zero-order chi connectivity index (χ0) is 18.5. The van der Waals surface area contributed by atoms with Gasteiger partial charge in [0.2, 0.25) is 5.95 Å². The molecule has 0 bridgehead atoms. The summed E-state index contributed by atoms with van der Waals surface area (Å²) in [6, 6.07) is 14.8. The van der Waals surface area contributed by atoms with Gasteiger partial charge in [-0.3, -0.25) is 4.79 Å². The molecule has 1 aliphatic rings. The van der Waals surface area contributed by atoms with Gasteiger partial charge in [-0.05, 0) is 30.3 Å². The number of nitrogens with zero attached hydrogens (tertiary/aromatic N) is 5. The molecule has 136 valence electrons. The van der Waals surface area contributed by atoms with Crippen LogP contribution in [0.3, 0.4) is 0 Å². The number of piperazine rings is 1. The summed E-state index contributed by atoms with van der Waals surface area (Å²) >= 11 is 0. The molecule has 27 heavy (non-hydrogen) atoms. The molecule has 0 radical (unpaired) electrons. The van der Waals surface area contributed by atoms with Crippen LogP contribution in [0, 0.1) is 0 Å². The summed E-state index contributed by atoms with van der Waals surface area (Å²) in [5.41, 5.74) is 1.66. The Morgan fingerprint density at radius 3 is 2.19 bits per heavy atom. The van der Waals surface area contributed by atoms with Gasteiger partial charge in [-0.2, -0.15) is 0 Å². The molecule has 0 atom stereocenters. The van der Waals surface area contributed by atoms with Crippen LogP contribution in [-0.2, 0) is 0 Å². The Bertz CT molecular complexity index is 877. The Morgan fingerprint density at radius 1 is 0.815 bits per heavy atom. The number of carbonyl (C=O) groups excluding carboxylic acids is 1. The van der Waals surface area contributed by atoms with Crippen molar-refractivity contribution in [2.24, 2.45) is 0 Å². The Morgan fingerprint density at radius 2 is 1.52 bits per heavy atom. The third-order valence-electron chi connectivity index (χ3n) is 4.51. The molecule has 3 heterocycles. The van der Waals surface area contributed by atoms with Crippen molar-refractivity contribution in [3.63, 3.8) is 0 Å². The Kier molecular flexibility index (Phi) is 4.91. The van der Waals surface area contributed by atoms with Crippen LogP contribution in [0.4, 0.5) is 17.5 Å². The summed E-state index contributed by atoms with van der Waals surface area (Å²) in [5.74, 6) is 1.16. The lowest BCUT2D eigenvalue weighted by molar-refractivity contribution is 0.102. The molecule has 7 heteroatoms. The monoisotopic (exact) mass is 360 g/mol. The van der Waals surface area contributed by atoms with Gasteiger partial charge in [0.15, 0.2) is 0 Å². The summed E-state index contributed by atoms with van der Waals surface area (Å²) in [5, 5.41) is 2.82. The van der Waals surface area contributed by atoms with E-state index in [9.17, 15) is 4.79 Å². The van der Waals surface area contributed by atoms with E-state index < -0.39 is 0 Å². The largest absolute Gasteiger partial charge is 0.367 e. The van der Waals surface area contributed by atoms with Crippen LogP contribution in [-0.4, -0.2) is 47.0 Å². The van der Waals surface area contributed by atoms with E-state index in [-0.39, 0.29) is 5.91 Å². The van der Waals surface area contributed by atoms with Crippen LogP contribution in [0.2, 0.25) is 0 Å². The highest BCUT2D eigenvalue weighted by atomic mass is 16.1. The van der Waals surface area contributed by atoms with E-state index in [1.54, 1.807) is 30.7 Å². The number of hydrogen-bond donors (Lipinski definition) is 1. The highest BCUT2D eigenvalue weighted by Crippen LogP contribution is 2.19. The number of aromatic nitrogens is 3. The minimum atomic E-state index is -0.160. The number of rotatable bonds is 4. The molecule has 2 aromatic heterocycles. The topological polar surface area (TPSA) is 74.2 Å². The summed E-state index contributed by atoms with van der Waals surface area (Å²) in [6.07, 6.45) is 5.33. The number of benzene rings is 1. The van der Waals surface area contributed by atoms with E-state index >= 15 is 0 Å². The summed E-state index contributed by atoms with van der Waals surface area (Å²) in [7, 11) is 0. The second-order valence-corrected chi connectivity index (χ2v) is 6.24. The first-order valence-corrected chi connectivity index (χ1v) is 8.89. The van der Waals surface area contributed by atoms with Crippen molar-refractivity contribution in [1.29, 1.82) is 0 Å². The molecule has 1 aliphatic heterocycles. The molecule has 1 fully saturated rings. The minimum absolute atomic E-state index is 0.160. The fourth-order valence-electron chi connectivity index (χ4n) is 3.04. The second kappa shape index (κ2) is 7.82. The van der Waals surface area contributed by atoms with E-state index in [1.165, 1.54) is 0 Å². The van der Waals surface area contributed by atoms with Crippen LogP contribution in [0.1, 0.15) is 10.4 Å². The molecular formula is C20H20N6O. The number of carbonyl (C=O) groups is 1. The van der Waals surface area contributed by atoms with E-state index in [0.29, 0.717) is 11.4 Å². The zero-order valence-corrected chi connectivity index (χ0v) is 14.8. The Hall–Kier alpha value is -3.48. The molecule has 1 amide bonds. The van der Waals surface area contributed by atoms with Gasteiger partial charge in [-0.15, -0.1) is 0 Å². The maximum atomic E-state index is 12.2. The van der Waals surface area contributed by atoms with Crippen molar-refractivity contribution >= 4 is 23.4 Å². The smallest absolute Gasteiger partial charge is 0.256 e. The highest BCUT2D eigenvalue weighted by molar-refractivity contribution is 6.03. The maximum absolute atomic E-state index is 12.2. The lowest BCUT2D eigenvalue weighted by atomic mass is 10.2. The van der Waals surface area contributed by atoms with Crippen molar-refractivity contribution in [3.8, 4) is 0 Å². The fraction of sp³-hybridized carbons (Fsp3) is 0.200. The van der Waals surface area contributed by atoms with Gasteiger partial charge in [-0.25, -0.2) is 15.0 Å². The average Bonchev–Trinajstić information content (AvgIpc) is 2.76. The van der Waals surface area contributed by atoms with Crippen molar-refractivity contribution in [2.45, 2.75) is 0 Å². The Labute approximate surface area is 157 Å². The van der Waals surface area contributed by atoms with Crippen LogP contribution in [0.15, 0.2) is 67.1 Å². The van der Waals surface area contributed by atoms with Crippen molar-refractivity contribution in [2.75, 3.05) is 41.3 Å². The first-order chi connectivity index (χ1) is 13.3. The van der Waals surface area contributed by atoms with E-state index in [2.05, 4.69) is 30.1 Å². The average molecular weight is 360 g/mol. The van der Waals surface area contributed by atoms with Crippen LogP contribution in [0.5, 0.6) is 0 Å². The minimum Gasteiger partial charge on any atom is -0.367 e. The van der Waals surface area contributed by atoms with E-state index in [1.807, 2.05) is 36.4 Å². The SMILES string of the molecule is O=C(Nc1ccc(N2CCN(c3ncccn3)CC2)cn1)c1ccccc1. The van der Waals surface area contributed by atoms with Crippen molar-refractivity contribution in [1.82, 2.24) is 15.0 Å². The van der Waals surface area contributed by atoms with Gasteiger partial charge in [0.05, 0.1) is 11.9 Å². The van der Waals surface area contributed by atoms with E-state index in [4.69, 9.17) is 0 Å². The van der Waals surface area contributed by atoms with Crippen LogP contribution < -0.4 is 15.1 Å². The van der Waals surface area contributed by atoms with Crippen molar-refractivity contribution in [3.05, 3.63) is 72.7 Å². The summed E-state index contributed by atoms with van der Waals surface area (Å²) in [6.45, 7) is 3.46. The molecule has 1 aromatic carbocycles. The second-order valence-electron chi connectivity index (χ2n) is 6.24. The molecule has 7 nitrogen and oxygen atoms in total. The summed E-state index contributed by atoms with van der Waals surface area (Å²) < 4.78 is 0. The molecule has 0 aliphatic carbocycles. The number of pyridine rings is 1. The molecular weight excluding hydrogens is 340 g/mol. The number of amides is 1. The lowest BCUT2D eigenvalue weighted by Gasteiger charge is -2.35. The van der Waals surface area contributed by atoms with E-state index in [0.717, 1.165) is 37.8 Å². The van der Waals surface area contributed by atoms with Crippen molar-refractivity contribution < 1.29 is 4.79 Å². The summed E-state index contributed by atoms with van der Waals surface area (Å²) in [4.78, 5) is 29.6. The molecule has 0 spiro atoms. The standard InChI is InChI=1S/C20H20N6O/c27-19(16-5-2-1-3-6-16)24-18-8-7-17(15-23-18)25-11-13-26(14-12-25)20-21-9-4-10-22-20/h1-10,15H,11-14H2,(H,23,24,27). The molecule has 1 saturated heterocycles. The lowest BCUT2D eigenvalue weighted by Crippen LogP contribution is -2.47. The van der Waals surface area contributed by atoms with Gasteiger partial charge in [-0.1, -0.05) is 18.2 Å². The highest BCUT2D eigenvalue weighted by Gasteiger charge is 2.19. The fourth-order valence-corrected chi connectivity index (χ4v) is 3.04. The molecule has 0 unspecified atom stereocenters. The molecule has 3 aromatic rings. The first-order valence-electron chi connectivity index (χ1n) is 8.89. The number of nitrogens with one attached hydrogen (secondary N) is 1. The van der Waals surface area contributed by atoms with Crippen LogP contribution >= 0.6 is 0 Å². The third kappa shape index (κ3) is 4.03.